The summed E-state index contributed by atoms with van der Waals surface area (Å²) in [5, 5.41) is 6.78. The van der Waals surface area contributed by atoms with Gasteiger partial charge in [-0.25, -0.2) is 22.1 Å². The number of amides is 2. The molecule has 214 valence electrons. The molecule has 1 aliphatic rings. The van der Waals surface area contributed by atoms with E-state index in [0.717, 1.165) is 18.2 Å². The highest BCUT2D eigenvalue weighted by atomic mass is 32.2. The number of alkyl halides is 2. The van der Waals surface area contributed by atoms with Crippen LogP contribution in [0.3, 0.4) is 0 Å². The van der Waals surface area contributed by atoms with Gasteiger partial charge < -0.3 is 11.1 Å². The molecular weight excluding hydrogens is 549 g/mol. The molecule has 1 aliphatic heterocycles. The van der Waals surface area contributed by atoms with E-state index >= 15 is 0 Å². The number of carbonyl (C=O) groups is 2. The van der Waals surface area contributed by atoms with E-state index in [1.807, 2.05) is 0 Å². The van der Waals surface area contributed by atoms with Crippen LogP contribution in [0.25, 0.3) is 10.9 Å². The Morgan fingerprint density at radius 2 is 1.93 bits per heavy atom. The molecule has 1 fully saturated rings. The first kappa shape index (κ1) is 29.2. The largest absolute Gasteiger partial charge is 0.364 e. The molecule has 2 amide bonds. The first-order chi connectivity index (χ1) is 18.8. The van der Waals surface area contributed by atoms with Gasteiger partial charge in [0.15, 0.2) is 5.69 Å². The number of aromatic nitrogens is 3. The van der Waals surface area contributed by atoms with Gasteiger partial charge in [-0.05, 0) is 56.9 Å². The monoisotopic (exact) mass is 578 g/mol. The van der Waals surface area contributed by atoms with Crippen LogP contribution in [-0.4, -0.2) is 58.1 Å². The Bertz CT molecular complexity index is 1600. The summed E-state index contributed by atoms with van der Waals surface area (Å²) in [7, 11) is -3.32. The zero-order chi connectivity index (χ0) is 29.4. The fourth-order valence-corrected chi connectivity index (χ4v) is 5.83. The summed E-state index contributed by atoms with van der Waals surface area (Å²) in [6, 6.07) is 4.53. The van der Waals surface area contributed by atoms with Crippen LogP contribution in [-0.2, 0) is 22.5 Å². The van der Waals surface area contributed by atoms with Crippen molar-refractivity contribution in [2.24, 2.45) is 11.7 Å². The lowest BCUT2D eigenvalue weighted by Gasteiger charge is -2.31. The molecule has 0 saturated carbocycles. The number of primary amides is 1. The van der Waals surface area contributed by atoms with Crippen molar-refractivity contribution in [2.45, 2.75) is 39.2 Å². The quantitative estimate of drug-likeness (QED) is 0.372. The molecule has 1 saturated heterocycles. The number of fused-ring (bicyclic) bond motifs is 1. The van der Waals surface area contributed by atoms with E-state index in [4.69, 9.17) is 5.73 Å². The molecule has 10 nitrogen and oxygen atoms in total. The number of sulfonamides is 1. The molecule has 0 atom stereocenters. The van der Waals surface area contributed by atoms with Gasteiger partial charge in [0.05, 0.1) is 28.2 Å². The van der Waals surface area contributed by atoms with Crippen molar-refractivity contribution in [2.75, 3.05) is 24.2 Å². The second-order valence-corrected chi connectivity index (χ2v) is 11.9. The third-order valence-corrected chi connectivity index (χ3v) is 8.93. The number of rotatable bonds is 9. The minimum absolute atomic E-state index is 0.00161. The van der Waals surface area contributed by atoms with E-state index in [0.29, 0.717) is 32.0 Å². The topological polar surface area (TPSA) is 140 Å². The molecule has 1 aromatic carbocycles. The van der Waals surface area contributed by atoms with Gasteiger partial charge in [0.1, 0.15) is 11.5 Å². The lowest BCUT2D eigenvalue weighted by molar-refractivity contribution is 0.0473. The Hall–Kier alpha value is -3.78. The van der Waals surface area contributed by atoms with Gasteiger partial charge in [-0.15, -0.1) is 0 Å². The van der Waals surface area contributed by atoms with Crippen molar-refractivity contribution < 1.29 is 31.2 Å². The third-order valence-electron chi connectivity index (χ3n) is 7.05. The maximum absolute atomic E-state index is 14.9. The van der Waals surface area contributed by atoms with Gasteiger partial charge in [0.2, 0.25) is 10.0 Å². The van der Waals surface area contributed by atoms with Crippen molar-refractivity contribution in [3.8, 4) is 0 Å². The molecule has 0 unspecified atom stereocenters. The maximum atomic E-state index is 14.9. The molecule has 0 spiro atoms. The average Bonchev–Trinajstić information content (AvgIpc) is 3.23. The predicted molar refractivity (Wildman–Crippen MR) is 143 cm³/mol. The lowest BCUT2D eigenvalue weighted by Crippen LogP contribution is -2.40. The molecule has 2 aromatic heterocycles. The van der Waals surface area contributed by atoms with Crippen molar-refractivity contribution in [1.29, 1.82) is 0 Å². The normalized spacial score (nSPS) is 15.3. The van der Waals surface area contributed by atoms with E-state index in [1.54, 1.807) is 6.92 Å². The second-order valence-electron chi connectivity index (χ2n) is 9.60. The Kier molecular flexibility index (Phi) is 8.04. The van der Waals surface area contributed by atoms with Crippen molar-refractivity contribution in [1.82, 2.24) is 19.1 Å². The van der Waals surface area contributed by atoms with E-state index in [-0.39, 0.29) is 51.8 Å². The van der Waals surface area contributed by atoms with Crippen LogP contribution in [0, 0.1) is 18.7 Å². The third kappa shape index (κ3) is 5.72. The summed E-state index contributed by atoms with van der Waals surface area (Å²) < 4.78 is 70.8. The molecular formula is C26H29F3N6O4S. The summed E-state index contributed by atoms with van der Waals surface area (Å²) >= 11 is 0. The summed E-state index contributed by atoms with van der Waals surface area (Å²) in [5.74, 6) is -6.10. The highest BCUT2D eigenvalue weighted by molar-refractivity contribution is 7.89. The number of carbonyl (C=O) groups excluding carboxylic acids is 2. The Labute approximate surface area is 229 Å². The van der Waals surface area contributed by atoms with Gasteiger partial charge in [-0.2, -0.15) is 13.9 Å². The molecule has 0 radical (unpaired) electrons. The summed E-state index contributed by atoms with van der Waals surface area (Å²) in [5.41, 5.74) is 4.18. The molecule has 3 heterocycles. The number of hydrogen-bond donors (Lipinski definition) is 2. The maximum Gasteiger partial charge on any atom is 0.311 e. The van der Waals surface area contributed by atoms with Crippen LogP contribution < -0.4 is 11.1 Å². The molecule has 0 aliphatic carbocycles. The molecule has 3 N–H and O–H groups in total. The molecule has 0 bridgehead atoms. The van der Waals surface area contributed by atoms with Crippen molar-refractivity contribution in [3.05, 3.63) is 65.4 Å². The van der Waals surface area contributed by atoms with Crippen molar-refractivity contribution in [3.63, 3.8) is 0 Å². The number of anilines is 1. The molecule has 40 heavy (non-hydrogen) atoms. The SMILES string of the molecule is C=CC(F)(F)c1nn(CC2CCN(S(=O)(=O)CC)CC2)c(C)c1NC(=O)c1cc(C(N)=O)nc2cc(F)ccc12. The first-order valence-electron chi connectivity index (χ1n) is 12.6. The number of piperidine rings is 1. The zero-order valence-corrected chi connectivity index (χ0v) is 22.8. The van der Waals surface area contributed by atoms with Gasteiger partial charge in [0, 0.05) is 31.1 Å². The van der Waals surface area contributed by atoms with Crippen LogP contribution in [0.4, 0.5) is 18.9 Å². The number of allylic oxidation sites excluding steroid dienone is 1. The number of benzene rings is 1. The van der Waals surface area contributed by atoms with Crippen LogP contribution in [0.1, 0.15) is 52.0 Å². The highest BCUT2D eigenvalue weighted by Gasteiger charge is 2.37. The van der Waals surface area contributed by atoms with E-state index in [1.165, 1.54) is 22.0 Å². The van der Waals surface area contributed by atoms with Crippen LogP contribution >= 0.6 is 0 Å². The average molecular weight is 579 g/mol. The minimum Gasteiger partial charge on any atom is -0.364 e. The number of nitrogens with one attached hydrogen (secondary N) is 1. The van der Waals surface area contributed by atoms with Gasteiger partial charge in [-0.1, -0.05) is 6.58 Å². The predicted octanol–water partition coefficient (Wildman–Crippen LogP) is 3.57. The zero-order valence-electron chi connectivity index (χ0n) is 22.0. The molecule has 4 rings (SSSR count). The van der Waals surface area contributed by atoms with Gasteiger partial charge >= 0.3 is 5.92 Å². The van der Waals surface area contributed by atoms with E-state index in [9.17, 15) is 31.2 Å². The van der Waals surface area contributed by atoms with Crippen LogP contribution in [0.5, 0.6) is 0 Å². The number of nitrogens with zero attached hydrogens (tertiary/aromatic N) is 4. The smallest absolute Gasteiger partial charge is 0.311 e. The summed E-state index contributed by atoms with van der Waals surface area (Å²) in [6.45, 7) is 7.16. The molecule has 14 heteroatoms. The van der Waals surface area contributed by atoms with Crippen LogP contribution in [0.2, 0.25) is 0 Å². The fraction of sp³-hybridized carbons (Fsp3) is 0.385. The Balaban J connectivity index is 1.67. The number of halogens is 3. The number of hydrogen-bond acceptors (Lipinski definition) is 6. The van der Waals surface area contributed by atoms with E-state index < -0.39 is 39.3 Å². The lowest BCUT2D eigenvalue weighted by atomic mass is 9.98. The van der Waals surface area contributed by atoms with Gasteiger partial charge in [-0.3, -0.25) is 14.3 Å². The fourth-order valence-electron chi connectivity index (χ4n) is 4.70. The molecule has 3 aromatic rings. The number of pyridine rings is 1. The number of nitrogens with two attached hydrogens (primary N) is 1. The second kappa shape index (κ2) is 11.0. The summed E-state index contributed by atoms with van der Waals surface area (Å²) in [4.78, 5) is 29.2. The standard InChI is InChI=1S/C26H29F3N6O4S/c1-4-26(28,29)23-22(15(3)35(33-23)14-16-8-10-34(11-9-16)40(38,39)5-2)32-25(37)19-13-21(24(30)36)31-20-12-17(27)6-7-18(19)20/h4,6-7,12-13,16H,1,5,8-11,14H2,2-3H3,(H2,30,36)(H,32,37). The van der Waals surface area contributed by atoms with Crippen molar-refractivity contribution >= 4 is 38.4 Å². The van der Waals surface area contributed by atoms with Gasteiger partial charge in [0.25, 0.3) is 11.8 Å². The minimum atomic E-state index is -3.60. The van der Waals surface area contributed by atoms with E-state index in [2.05, 4.69) is 22.0 Å². The highest BCUT2D eigenvalue weighted by Crippen LogP contribution is 2.37. The first-order valence-corrected chi connectivity index (χ1v) is 14.2. The Morgan fingerprint density at radius 1 is 1.25 bits per heavy atom. The Morgan fingerprint density at radius 3 is 2.52 bits per heavy atom. The summed E-state index contributed by atoms with van der Waals surface area (Å²) in [6.07, 6.45) is 1.45. The van der Waals surface area contributed by atoms with Crippen LogP contribution in [0.15, 0.2) is 36.9 Å².